The number of fused-ring (bicyclic) bond motifs is 2. The number of pyridine rings is 1. The molecule has 6 heteroatoms. The van der Waals surface area contributed by atoms with Crippen molar-refractivity contribution in [2.45, 2.75) is 0 Å². The Hall–Kier alpha value is -3.02. The van der Waals surface area contributed by atoms with Crippen LogP contribution in [0.4, 0.5) is 0 Å². The lowest BCUT2D eigenvalue weighted by Crippen LogP contribution is -1.91. The van der Waals surface area contributed by atoms with Crippen molar-refractivity contribution in [2.75, 3.05) is 7.11 Å². The summed E-state index contributed by atoms with van der Waals surface area (Å²) in [5.41, 5.74) is 4.19. The zero-order valence-electron chi connectivity index (χ0n) is 12.2. The number of hydrogen-bond acceptors (Lipinski definition) is 5. The lowest BCUT2D eigenvalue weighted by Gasteiger charge is -2.06. The average molecular weight is 291 g/mol. The van der Waals surface area contributed by atoms with Crippen molar-refractivity contribution in [3.8, 4) is 17.0 Å². The molecule has 0 atom stereocenters. The van der Waals surface area contributed by atoms with Crippen molar-refractivity contribution >= 4 is 21.9 Å². The number of ether oxygens (including phenoxy) is 1. The fraction of sp³-hybridized carbons (Fsp3) is 0.125. The number of rotatable bonds is 2. The van der Waals surface area contributed by atoms with Crippen molar-refractivity contribution in [1.82, 2.24) is 25.0 Å². The minimum atomic E-state index is 0.708. The molecule has 0 radical (unpaired) electrons. The van der Waals surface area contributed by atoms with Gasteiger partial charge in [0.05, 0.1) is 30.7 Å². The molecule has 3 aromatic heterocycles. The molecule has 1 aromatic carbocycles. The Morgan fingerprint density at radius 2 is 2.00 bits per heavy atom. The third-order valence-electron chi connectivity index (χ3n) is 3.58. The number of nitrogens with zero attached hydrogens (tertiary/aromatic N) is 5. The summed E-state index contributed by atoms with van der Waals surface area (Å²) in [7, 11) is 3.51. The first-order valence-corrected chi connectivity index (χ1v) is 6.85. The maximum Gasteiger partial charge on any atom is 0.153 e. The van der Waals surface area contributed by atoms with E-state index in [-0.39, 0.29) is 0 Å². The molecule has 0 aliphatic carbocycles. The van der Waals surface area contributed by atoms with E-state index < -0.39 is 0 Å². The highest BCUT2D eigenvalue weighted by atomic mass is 16.5. The summed E-state index contributed by atoms with van der Waals surface area (Å²) >= 11 is 0. The van der Waals surface area contributed by atoms with Crippen LogP contribution in [0.5, 0.6) is 5.75 Å². The molecule has 0 aliphatic heterocycles. The first-order chi connectivity index (χ1) is 10.7. The predicted octanol–water partition coefficient (Wildman–Crippen LogP) is 2.59. The second kappa shape index (κ2) is 4.77. The Kier molecular flexibility index (Phi) is 2.75. The molecule has 4 rings (SSSR count). The summed E-state index contributed by atoms with van der Waals surface area (Å²) in [4.78, 5) is 4.67. The van der Waals surface area contributed by atoms with Gasteiger partial charge >= 0.3 is 0 Å². The molecule has 0 unspecified atom stereocenters. The third-order valence-corrected chi connectivity index (χ3v) is 3.58. The van der Waals surface area contributed by atoms with Crippen molar-refractivity contribution < 1.29 is 4.74 Å². The number of hydrogen-bond donors (Lipinski definition) is 0. The van der Waals surface area contributed by atoms with E-state index in [4.69, 9.17) is 4.74 Å². The van der Waals surface area contributed by atoms with Crippen LogP contribution in [0.1, 0.15) is 0 Å². The van der Waals surface area contributed by atoms with E-state index in [9.17, 15) is 0 Å². The van der Waals surface area contributed by atoms with Gasteiger partial charge in [0.15, 0.2) is 11.3 Å². The fourth-order valence-electron chi connectivity index (χ4n) is 2.53. The predicted molar refractivity (Wildman–Crippen MR) is 83.6 cm³/mol. The molecular formula is C16H13N5O. The molecule has 108 valence electrons. The molecule has 0 fully saturated rings. The SMILES string of the molecule is COc1cc(-c2ccc3ccnnc3c2)nc2cn(C)nc12. The minimum absolute atomic E-state index is 0.708. The van der Waals surface area contributed by atoms with E-state index in [1.807, 2.05) is 43.6 Å². The van der Waals surface area contributed by atoms with E-state index in [1.165, 1.54) is 0 Å². The molecule has 0 N–H and O–H groups in total. The van der Waals surface area contributed by atoms with Gasteiger partial charge in [0, 0.05) is 24.1 Å². The number of aromatic nitrogens is 5. The molecule has 0 saturated carbocycles. The summed E-state index contributed by atoms with van der Waals surface area (Å²) in [5.74, 6) is 0.708. The average Bonchev–Trinajstić information content (AvgIpc) is 2.93. The molecular weight excluding hydrogens is 278 g/mol. The molecule has 0 bridgehead atoms. The molecule has 0 aliphatic rings. The fourth-order valence-corrected chi connectivity index (χ4v) is 2.53. The van der Waals surface area contributed by atoms with Gasteiger partial charge in [-0.25, -0.2) is 4.98 Å². The van der Waals surface area contributed by atoms with Gasteiger partial charge in [-0.05, 0) is 12.1 Å². The molecule has 0 amide bonds. The van der Waals surface area contributed by atoms with Crippen LogP contribution in [0.25, 0.3) is 33.2 Å². The molecule has 6 nitrogen and oxygen atoms in total. The topological polar surface area (TPSA) is 65.7 Å². The van der Waals surface area contributed by atoms with Gasteiger partial charge in [-0.3, -0.25) is 4.68 Å². The van der Waals surface area contributed by atoms with E-state index in [2.05, 4.69) is 20.3 Å². The van der Waals surface area contributed by atoms with Crippen molar-refractivity contribution in [2.24, 2.45) is 7.05 Å². The highest BCUT2D eigenvalue weighted by Crippen LogP contribution is 2.29. The third kappa shape index (κ3) is 1.96. The second-order valence-corrected chi connectivity index (χ2v) is 5.05. The van der Waals surface area contributed by atoms with Crippen molar-refractivity contribution in [3.63, 3.8) is 0 Å². The van der Waals surface area contributed by atoms with Crippen LogP contribution in [0, 0.1) is 0 Å². The highest BCUT2D eigenvalue weighted by Gasteiger charge is 2.11. The van der Waals surface area contributed by atoms with Crippen LogP contribution in [0.3, 0.4) is 0 Å². The van der Waals surface area contributed by atoms with Crippen LogP contribution >= 0.6 is 0 Å². The quantitative estimate of drug-likeness (QED) is 0.568. The van der Waals surface area contributed by atoms with Crippen LogP contribution in [-0.4, -0.2) is 32.1 Å². The molecule has 22 heavy (non-hydrogen) atoms. The van der Waals surface area contributed by atoms with Crippen LogP contribution < -0.4 is 4.74 Å². The number of methoxy groups -OCH3 is 1. The zero-order chi connectivity index (χ0) is 15.1. The van der Waals surface area contributed by atoms with Crippen LogP contribution in [0.2, 0.25) is 0 Å². The first kappa shape index (κ1) is 12.7. The largest absolute Gasteiger partial charge is 0.494 e. The summed E-state index contributed by atoms with van der Waals surface area (Å²) < 4.78 is 7.18. The summed E-state index contributed by atoms with van der Waals surface area (Å²) in [6, 6.07) is 9.85. The van der Waals surface area contributed by atoms with Gasteiger partial charge in [-0.15, -0.1) is 0 Å². The van der Waals surface area contributed by atoms with Gasteiger partial charge in [0.2, 0.25) is 0 Å². The second-order valence-electron chi connectivity index (χ2n) is 5.05. The molecule has 0 saturated heterocycles. The van der Waals surface area contributed by atoms with E-state index >= 15 is 0 Å². The molecule has 4 aromatic rings. The maximum absolute atomic E-state index is 5.45. The lowest BCUT2D eigenvalue weighted by atomic mass is 10.1. The van der Waals surface area contributed by atoms with Gasteiger partial charge in [-0.1, -0.05) is 12.1 Å². The van der Waals surface area contributed by atoms with E-state index in [0.29, 0.717) is 5.75 Å². The molecule has 0 spiro atoms. The smallest absolute Gasteiger partial charge is 0.153 e. The monoisotopic (exact) mass is 291 g/mol. The van der Waals surface area contributed by atoms with Gasteiger partial charge in [0.1, 0.15) is 5.52 Å². The summed E-state index contributed by atoms with van der Waals surface area (Å²) in [5, 5.41) is 13.5. The number of benzene rings is 1. The van der Waals surface area contributed by atoms with Crippen molar-refractivity contribution in [1.29, 1.82) is 0 Å². The Bertz CT molecular complexity index is 992. The van der Waals surface area contributed by atoms with Gasteiger partial charge in [0.25, 0.3) is 0 Å². The van der Waals surface area contributed by atoms with E-state index in [0.717, 1.165) is 33.2 Å². The zero-order valence-corrected chi connectivity index (χ0v) is 12.2. The van der Waals surface area contributed by atoms with Crippen LogP contribution in [-0.2, 0) is 7.05 Å². The standard InChI is InChI=1S/C16H13N5O/c1-21-9-14-16(20-21)15(22-2)8-12(18-14)11-4-3-10-5-6-17-19-13(10)7-11/h3-9H,1-2H3. The Morgan fingerprint density at radius 1 is 1.09 bits per heavy atom. The molecule has 3 heterocycles. The van der Waals surface area contributed by atoms with Crippen LogP contribution in [0.15, 0.2) is 42.7 Å². The highest BCUT2D eigenvalue weighted by molar-refractivity contribution is 5.87. The van der Waals surface area contributed by atoms with Gasteiger partial charge < -0.3 is 4.74 Å². The van der Waals surface area contributed by atoms with Gasteiger partial charge in [-0.2, -0.15) is 15.3 Å². The Morgan fingerprint density at radius 3 is 2.86 bits per heavy atom. The Balaban J connectivity index is 1.94. The summed E-state index contributed by atoms with van der Waals surface area (Å²) in [6.45, 7) is 0. The minimum Gasteiger partial charge on any atom is -0.494 e. The number of aryl methyl sites for hydroxylation is 1. The Labute approximate surface area is 126 Å². The first-order valence-electron chi connectivity index (χ1n) is 6.85. The normalized spacial score (nSPS) is 11.2. The summed E-state index contributed by atoms with van der Waals surface area (Å²) in [6.07, 6.45) is 3.56. The van der Waals surface area contributed by atoms with Crippen molar-refractivity contribution in [3.05, 3.63) is 42.7 Å². The van der Waals surface area contributed by atoms with E-state index in [1.54, 1.807) is 18.0 Å². The lowest BCUT2D eigenvalue weighted by molar-refractivity contribution is 0.418. The maximum atomic E-state index is 5.45.